The Morgan fingerprint density at radius 3 is 2.50 bits per heavy atom. The predicted octanol–water partition coefficient (Wildman–Crippen LogP) is 1.48. The van der Waals surface area contributed by atoms with Crippen LogP contribution in [0.15, 0.2) is 33.9 Å². The normalized spacial score (nSPS) is 12.2. The van der Waals surface area contributed by atoms with Gasteiger partial charge in [-0.15, -0.1) is 0 Å². The highest BCUT2D eigenvalue weighted by Crippen LogP contribution is 2.21. The molecular formula is C13H15ClN4O2. The Kier molecular flexibility index (Phi) is 3.85. The number of anilines is 2. The van der Waals surface area contributed by atoms with Gasteiger partial charge in [-0.05, 0) is 24.6 Å². The van der Waals surface area contributed by atoms with E-state index in [1.807, 2.05) is 19.1 Å². The fourth-order valence-corrected chi connectivity index (χ4v) is 1.95. The zero-order chi connectivity index (χ0) is 14.9. The molecule has 0 fully saturated rings. The summed E-state index contributed by atoms with van der Waals surface area (Å²) in [5, 5.41) is 3.65. The fourth-order valence-electron chi connectivity index (χ4n) is 1.83. The molecule has 1 aromatic heterocycles. The second-order valence-corrected chi connectivity index (χ2v) is 4.93. The van der Waals surface area contributed by atoms with E-state index < -0.39 is 11.2 Å². The van der Waals surface area contributed by atoms with Crippen molar-refractivity contribution in [3.63, 3.8) is 0 Å². The van der Waals surface area contributed by atoms with Gasteiger partial charge in [0.2, 0.25) is 0 Å². The van der Waals surface area contributed by atoms with E-state index in [2.05, 4.69) is 10.3 Å². The first kappa shape index (κ1) is 14.2. The van der Waals surface area contributed by atoms with Gasteiger partial charge in [0.05, 0.1) is 0 Å². The number of halogens is 1. The maximum Gasteiger partial charge on any atom is 0.329 e. The van der Waals surface area contributed by atoms with Crippen molar-refractivity contribution in [2.24, 2.45) is 7.05 Å². The molecule has 0 aliphatic heterocycles. The maximum atomic E-state index is 11.8. The summed E-state index contributed by atoms with van der Waals surface area (Å²) in [5.41, 5.74) is 5.84. The number of H-pyrrole nitrogens is 1. The van der Waals surface area contributed by atoms with Gasteiger partial charge in [0.25, 0.3) is 5.56 Å². The average molecular weight is 295 g/mol. The van der Waals surface area contributed by atoms with Crippen molar-refractivity contribution < 1.29 is 0 Å². The summed E-state index contributed by atoms with van der Waals surface area (Å²) in [6, 6.07) is 7.08. The molecule has 1 unspecified atom stereocenters. The first-order chi connectivity index (χ1) is 9.40. The molecule has 0 saturated carbocycles. The maximum absolute atomic E-state index is 11.8. The van der Waals surface area contributed by atoms with Gasteiger partial charge in [-0.3, -0.25) is 14.3 Å². The number of hydrogen-bond acceptors (Lipinski definition) is 4. The van der Waals surface area contributed by atoms with Crippen LogP contribution in [-0.2, 0) is 7.05 Å². The minimum absolute atomic E-state index is 0.0968. The Balaban J connectivity index is 2.35. The number of aromatic nitrogens is 2. The number of nitrogen functional groups attached to an aromatic ring is 1. The van der Waals surface area contributed by atoms with Gasteiger partial charge in [-0.1, -0.05) is 23.7 Å². The average Bonchev–Trinajstić information content (AvgIpc) is 2.42. The first-order valence-corrected chi connectivity index (χ1v) is 6.38. The number of hydrogen-bond donors (Lipinski definition) is 3. The van der Waals surface area contributed by atoms with Crippen LogP contribution in [0.5, 0.6) is 0 Å². The standard InChI is InChI=1S/C13H15ClN4O2/c1-7(8-3-5-9(14)6-4-8)16-10-11(15)18(2)13(20)17-12(10)19/h3-7,16H,15H2,1-2H3,(H,17,19,20). The van der Waals surface area contributed by atoms with Gasteiger partial charge in [0.1, 0.15) is 11.5 Å². The van der Waals surface area contributed by atoms with Crippen LogP contribution in [-0.4, -0.2) is 9.55 Å². The number of aromatic amines is 1. The molecule has 2 aromatic rings. The van der Waals surface area contributed by atoms with Crippen molar-refractivity contribution in [1.29, 1.82) is 0 Å². The predicted molar refractivity (Wildman–Crippen MR) is 80.2 cm³/mol. The first-order valence-electron chi connectivity index (χ1n) is 6.01. The lowest BCUT2D eigenvalue weighted by Gasteiger charge is -2.17. The molecule has 1 heterocycles. The van der Waals surface area contributed by atoms with Gasteiger partial charge in [0.15, 0.2) is 0 Å². The minimum Gasteiger partial charge on any atom is -0.383 e. The molecule has 20 heavy (non-hydrogen) atoms. The summed E-state index contributed by atoms with van der Waals surface area (Å²) < 4.78 is 1.18. The summed E-state index contributed by atoms with van der Waals surface area (Å²) >= 11 is 5.83. The number of benzene rings is 1. The summed E-state index contributed by atoms with van der Waals surface area (Å²) in [7, 11) is 1.49. The molecule has 7 heteroatoms. The van der Waals surface area contributed by atoms with Crippen molar-refractivity contribution in [1.82, 2.24) is 9.55 Å². The van der Waals surface area contributed by atoms with Crippen molar-refractivity contribution in [2.75, 3.05) is 11.1 Å². The number of rotatable bonds is 3. The quantitative estimate of drug-likeness (QED) is 0.799. The lowest BCUT2D eigenvalue weighted by atomic mass is 10.1. The molecule has 2 rings (SSSR count). The van der Waals surface area contributed by atoms with Gasteiger partial charge in [-0.25, -0.2) is 4.79 Å². The van der Waals surface area contributed by atoms with Crippen LogP contribution in [0.4, 0.5) is 11.5 Å². The number of nitrogens with one attached hydrogen (secondary N) is 2. The minimum atomic E-state index is -0.544. The Morgan fingerprint density at radius 2 is 1.90 bits per heavy atom. The van der Waals surface area contributed by atoms with E-state index >= 15 is 0 Å². The summed E-state index contributed by atoms with van der Waals surface area (Å²) in [6.45, 7) is 1.88. The lowest BCUT2D eigenvalue weighted by Crippen LogP contribution is -2.32. The van der Waals surface area contributed by atoms with Gasteiger partial charge in [-0.2, -0.15) is 0 Å². The molecular weight excluding hydrogens is 280 g/mol. The molecule has 0 aliphatic rings. The number of nitrogens with zero attached hydrogens (tertiary/aromatic N) is 1. The second kappa shape index (κ2) is 5.42. The van der Waals surface area contributed by atoms with Crippen LogP contribution in [0.2, 0.25) is 5.02 Å². The molecule has 0 bridgehead atoms. The zero-order valence-corrected chi connectivity index (χ0v) is 11.9. The van der Waals surface area contributed by atoms with E-state index in [-0.39, 0.29) is 17.5 Å². The molecule has 0 spiro atoms. The van der Waals surface area contributed by atoms with Crippen molar-refractivity contribution in [2.45, 2.75) is 13.0 Å². The van der Waals surface area contributed by atoms with Crippen molar-refractivity contribution in [3.05, 3.63) is 55.7 Å². The third-order valence-corrected chi connectivity index (χ3v) is 3.35. The Hall–Kier alpha value is -2.21. The largest absolute Gasteiger partial charge is 0.383 e. The smallest absolute Gasteiger partial charge is 0.329 e. The molecule has 0 radical (unpaired) electrons. The van der Waals surface area contributed by atoms with Crippen LogP contribution >= 0.6 is 11.6 Å². The van der Waals surface area contributed by atoms with Gasteiger partial charge in [0, 0.05) is 18.1 Å². The van der Waals surface area contributed by atoms with E-state index in [0.29, 0.717) is 5.02 Å². The molecule has 0 aliphatic carbocycles. The summed E-state index contributed by atoms with van der Waals surface area (Å²) in [6.07, 6.45) is 0. The van der Waals surface area contributed by atoms with E-state index in [1.165, 1.54) is 11.6 Å². The highest BCUT2D eigenvalue weighted by molar-refractivity contribution is 6.30. The van der Waals surface area contributed by atoms with Crippen LogP contribution in [0.3, 0.4) is 0 Å². The Morgan fingerprint density at radius 1 is 1.30 bits per heavy atom. The van der Waals surface area contributed by atoms with Crippen molar-refractivity contribution >= 4 is 23.1 Å². The molecule has 0 amide bonds. The number of nitrogens with two attached hydrogens (primary N) is 1. The summed E-state index contributed by atoms with van der Waals surface area (Å²) in [4.78, 5) is 25.4. The topological polar surface area (TPSA) is 92.9 Å². The molecule has 1 atom stereocenters. The lowest BCUT2D eigenvalue weighted by molar-refractivity contribution is 0.801. The van der Waals surface area contributed by atoms with Crippen LogP contribution < -0.4 is 22.3 Å². The molecule has 4 N–H and O–H groups in total. The van der Waals surface area contributed by atoms with Gasteiger partial charge < -0.3 is 11.1 Å². The molecule has 106 valence electrons. The Labute approximate surface area is 120 Å². The molecule has 1 aromatic carbocycles. The second-order valence-electron chi connectivity index (χ2n) is 4.50. The highest BCUT2D eigenvalue weighted by Gasteiger charge is 2.13. The SMILES string of the molecule is CC(Nc1c(N)n(C)c(=O)[nH]c1=O)c1ccc(Cl)cc1. The fraction of sp³-hybridized carbons (Fsp3) is 0.231. The zero-order valence-electron chi connectivity index (χ0n) is 11.1. The van der Waals surface area contributed by atoms with E-state index in [1.54, 1.807) is 12.1 Å². The third kappa shape index (κ3) is 2.70. The Bertz CT molecular complexity index is 734. The third-order valence-electron chi connectivity index (χ3n) is 3.10. The molecule has 6 nitrogen and oxygen atoms in total. The van der Waals surface area contributed by atoms with Crippen LogP contribution in [0.25, 0.3) is 0 Å². The van der Waals surface area contributed by atoms with Crippen molar-refractivity contribution in [3.8, 4) is 0 Å². The monoisotopic (exact) mass is 294 g/mol. The van der Waals surface area contributed by atoms with E-state index in [0.717, 1.165) is 5.56 Å². The summed E-state index contributed by atoms with van der Waals surface area (Å²) in [5.74, 6) is 0.0968. The van der Waals surface area contributed by atoms with Gasteiger partial charge >= 0.3 is 5.69 Å². The van der Waals surface area contributed by atoms with Crippen LogP contribution in [0, 0.1) is 0 Å². The van der Waals surface area contributed by atoms with E-state index in [4.69, 9.17) is 17.3 Å². The van der Waals surface area contributed by atoms with E-state index in [9.17, 15) is 9.59 Å². The highest BCUT2D eigenvalue weighted by atomic mass is 35.5. The molecule has 0 saturated heterocycles. The van der Waals surface area contributed by atoms with Crippen LogP contribution in [0.1, 0.15) is 18.5 Å².